The Balaban J connectivity index is 1.17. The summed E-state index contributed by atoms with van der Waals surface area (Å²) in [5.41, 5.74) is 13.1. The molecule has 8 aliphatic rings. The number of aliphatic hydroxyl groups is 4. The summed E-state index contributed by atoms with van der Waals surface area (Å²) in [5.74, 6) is -16.2. The summed E-state index contributed by atoms with van der Waals surface area (Å²) in [6.45, 7) is 8.29. The van der Waals surface area contributed by atoms with E-state index >= 15 is 19.2 Å². The number of likely N-dealkylation sites (N-methyl/N-ethyl adjacent to an activating group) is 1. The van der Waals surface area contributed by atoms with Crippen molar-refractivity contribution in [3.8, 4) is 57.1 Å². The van der Waals surface area contributed by atoms with Gasteiger partial charge in [-0.1, -0.05) is 44.2 Å². The van der Waals surface area contributed by atoms with Crippen LogP contribution in [-0.4, -0.2) is 204 Å². The van der Waals surface area contributed by atoms with Crippen molar-refractivity contribution in [1.29, 1.82) is 0 Å². The number of phenolic OH excluding ortho intramolecular Hbond substituents is 3. The molecule has 0 aliphatic carbocycles. The number of hydrogen-bond acceptors (Lipinski definition) is 28. The molecule has 36 nitrogen and oxygen atoms in total. The maximum Gasteiger partial charge on any atom is 0.330 e. The Morgan fingerprint density at radius 1 is 0.651 bits per heavy atom. The number of nitrogens with one attached hydrogen (secondary N) is 7. The number of aromatic hydroxyl groups is 3. The Kier molecular flexibility index (Phi) is 23.4. The Morgan fingerprint density at radius 3 is 1.77 bits per heavy atom. The lowest BCUT2D eigenvalue weighted by atomic mass is 9.88. The maximum atomic E-state index is 16.3. The number of rotatable bonds is 15. The van der Waals surface area contributed by atoms with Gasteiger partial charge in [-0.05, 0) is 124 Å². The summed E-state index contributed by atoms with van der Waals surface area (Å²) < 4.78 is 51.3. The lowest BCUT2D eigenvalue weighted by molar-refractivity contribution is -0.323. The molecule has 20 atom stereocenters. The first-order valence-corrected chi connectivity index (χ1v) is 34.8. The van der Waals surface area contributed by atoms with Crippen LogP contribution >= 0.6 is 0 Å². The van der Waals surface area contributed by atoms with Gasteiger partial charge in [0.2, 0.25) is 53.4 Å². The summed E-state index contributed by atoms with van der Waals surface area (Å²) in [6, 6.07) is 3.19. The molecule has 11 bridgehead atoms. The maximum absolute atomic E-state index is 16.3. The van der Waals surface area contributed by atoms with E-state index in [1.54, 1.807) is 0 Å². The van der Waals surface area contributed by atoms with Crippen LogP contribution in [0.5, 0.6) is 46.0 Å². The van der Waals surface area contributed by atoms with E-state index in [-0.39, 0.29) is 46.9 Å². The number of aliphatic carboxylic acids is 1. The average molecular weight is 1520 g/mol. The quantitative estimate of drug-likeness (QED) is 0.0625. The molecule has 0 radical (unpaired) electrons. The summed E-state index contributed by atoms with van der Waals surface area (Å²) >= 11 is 0. The summed E-state index contributed by atoms with van der Waals surface area (Å²) in [6.07, 6.45) is -20.4. The second-order valence-electron chi connectivity index (χ2n) is 28.5. The highest BCUT2D eigenvalue weighted by Gasteiger charge is 2.52. The first-order chi connectivity index (χ1) is 51.4. The van der Waals surface area contributed by atoms with Crippen molar-refractivity contribution in [3.05, 3.63) is 119 Å². The van der Waals surface area contributed by atoms with Gasteiger partial charge in [-0.25, -0.2) is 4.79 Å². The van der Waals surface area contributed by atoms with Crippen molar-refractivity contribution in [2.75, 3.05) is 13.7 Å². The highest BCUT2D eigenvalue weighted by Crippen LogP contribution is 2.49. The lowest BCUT2D eigenvalue weighted by Crippen LogP contribution is -2.63. The van der Waals surface area contributed by atoms with Crippen LogP contribution in [0.2, 0.25) is 0 Å². The topological polar surface area (TPSA) is 569 Å². The number of Topliss-reactive ketones (excluding diaryl/α,β-unsaturated/α-hetero) is 2. The van der Waals surface area contributed by atoms with E-state index in [0.29, 0.717) is 0 Å². The Hall–Kier alpha value is -10.5. The molecule has 0 saturated carbocycles. The molecule has 36 heteroatoms. The van der Waals surface area contributed by atoms with Crippen molar-refractivity contribution < 1.29 is 127 Å². The molecular formula is C73H86N10O26. The highest BCUT2D eigenvalue weighted by atomic mass is 16.8. The number of benzene rings is 5. The van der Waals surface area contributed by atoms with Gasteiger partial charge in [-0.15, -0.1) is 0 Å². The smallest absolute Gasteiger partial charge is 0.330 e. The molecule has 3 unspecified atom stereocenters. The third kappa shape index (κ3) is 17.0. The first-order valence-electron chi connectivity index (χ1n) is 34.8. The van der Waals surface area contributed by atoms with Gasteiger partial charge >= 0.3 is 5.97 Å². The van der Waals surface area contributed by atoms with E-state index in [1.165, 1.54) is 83.3 Å². The van der Waals surface area contributed by atoms with Crippen LogP contribution in [-0.2, 0) is 71.6 Å². The van der Waals surface area contributed by atoms with Gasteiger partial charge in [0.1, 0.15) is 102 Å². The van der Waals surface area contributed by atoms with E-state index < -0.39 is 256 Å². The van der Waals surface area contributed by atoms with Crippen LogP contribution in [0.4, 0.5) is 0 Å². The summed E-state index contributed by atoms with van der Waals surface area (Å²) in [7, 11) is 1.49. The first kappa shape index (κ1) is 79.6. The Labute approximate surface area is 621 Å². The molecule has 0 aromatic heterocycles. The number of primary amides is 1. The van der Waals surface area contributed by atoms with Crippen LogP contribution in [0.25, 0.3) is 11.1 Å². The normalized spacial score (nSPS) is 31.1. The predicted octanol–water partition coefficient (Wildman–Crippen LogP) is -0.547. The standard InChI is InChI=1S/C73H86N10O26/c1-28(2)18-40(77-7)64(94)82-54-56(89)31-8-13-36(14-9-31)104-44-20-34-21-45(60(44)109-71-61(58(91)57(90)46(27-84)106-71)108-49-26-73(6,76)63(93)30(4)103-49)105-37-15-10-32(11-16-37)59(107-48-25-72(5,75)62(92)29(3)102-48)55-69(99)81-53(70(100)101)39-22-35(85)23-43(87)50(39)38-19-33(12-17-42(38)86)51(66(96)83-55)80-67(97)52(34)79-65(95)41(24-47(74)88)78-68(54)98/h8-17,19-23,28-30,40-41,46,48-49,51-59,61,71,77,84-87,89-91H,18,24-27,75-76H2,1-7H3,(H2,74,88)(H,78,98)(H,79,95)(H,80,97)(H,81,99)(H,82,94)(H,83,96)(H,100,101)/t29-,30-,40+,41?,46+,48?,49-,51+,52+,53-,54+,55-,56+,57+,58-,59+,61+,71?,72-,73-/m0/s1. The number of carbonyl (C=O) groups excluding carboxylic acids is 9. The fourth-order valence-electron chi connectivity index (χ4n) is 13.9. The molecular weight excluding hydrogens is 1430 g/mol. The zero-order valence-electron chi connectivity index (χ0n) is 59.8. The number of fused-ring (bicyclic) bond motifs is 15. The van der Waals surface area contributed by atoms with Gasteiger partial charge in [0.05, 0.1) is 30.1 Å². The van der Waals surface area contributed by atoms with Crippen LogP contribution in [0, 0.1) is 5.92 Å². The molecule has 0 spiro atoms. The Bertz CT molecular complexity index is 4370. The van der Waals surface area contributed by atoms with Crippen LogP contribution in [0.15, 0.2) is 91.0 Å². The summed E-state index contributed by atoms with van der Waals surface area (Å²) in [4.78, 5) is 146. The fraction of sp³-hybridized carbons (Fsp3) is 0.452. The molecule has 584 valence electrons. The zero-order valence-corrected chi connectivity index (χ0v) is 59.8. The van der Waals surface area contributed by atoms with Crippen LogP contribution in [0.3, 0.4) is 0 Å². The van der Waals surface area contributed by atoms with E-state index in [1.807, 2.05) is 13.8 Å². The minimum atomic E-state index is -2.32. The fourth-order valence-corrected chi connectivity index (χ4v) is 13.9. The van der Waals surface area contributed by atoms with E-state index in [0.717, 1.165) is 42.5 Å². The molecule has 8 aliphatic heterocycles. The van der Waals surface area contributed by atoms with Crippen molar-refractivity contribution >= 4 is 58.9 Å². The number of nitrogens with two attached hydrogens (primary N) is 3. The van der Waals surface area contributed by atoms with Gasteiger partial charge in [-0.2, -0.15) is 0 Å². The predicted molar refractivity (Wildman–Crippen MR) is 374 cm³/mol. The van der Waals surface area contributed by atoms with Gasteiger partial charge in [0, 0.05) is 35.6 Å². The number of hydrogen-bond donors (Lipinski definition) is 18. The van der Waals surface area contributed by atoms with Gasteiger partial charge in [0.25, 0.3) is 0 Å². The van der Waals surface area contributed by atoms with Crippen LogP contribution in [0.1, 0.15) is 125 Å². The zero-order chi connectivity index (χ0) is 79.2. The van der Waals surface area contributed by atoms with E-state index in [2.05, 4.69) is 37.2 Å². The molecule has 3 fully saturated rings. The van der Waals surface area contributed by atoms with Gasteiger partial charge in [-0.3, -0.25) is 43.2 Å². The highest BCUT2D eigenvalue weighted by molar-refractivity contribution is 6.01. The van der Waals surface area contributed by atoms with Gasteiger partial charge in [0.15, 0.2) is 47.8 Å². The number of carboxylic acid groups (broad SMARTS) is 1. The average Bonchev–Trinajstić information content (AvgIpc) is 0.766. The number of carboxylic acids is 1. The third-order valence-electron chi connectivity index (χ3n) is 19.6. The molecule has 109 heavy (non-hydrogen) atoms. The Morgan fingerprint density at radius 2 is 1.21 bits per heavy atom. The number of ketones is 2. The monoisotopic (exact) mass is 1520 g/mol. The number of phenols is 3. The molecule has 5 aromatic carbocycles. The van der Waals surface area contributed by atoms with Crippen molar-refractivity contribution in [2.45, 2.75) is 188 Å². The molecule has 21 N–H and O–H groups in total. The molecule has 3 saturated heterocycles. The van der Waals surface area contributed by atoms with Crippen molar-refractivity contribution in [2.24, 2.45) is 23.1 Å². The van der Waals surface area contributed by atoms with E-state index in [9.17, 15) is 69.6 Å². The number of carbonyl (C=O) groups is 10. The van der Waals surface area contributed by atoms with Crippen molar-refractivity contribution in [1.82, 2.24) is 37.2 Å². The molecule has 13 rings (SSSR count). The van der Waals surface area contributed by atoms with E-state index in [4.69, 9.17) is 55.1 Å². The lowest BCUT2D eigenvalue weighted by Gasteiger charge is -2.45. The summed E-state index contributed by atoms with van der Waals surface area (Å²) in [5, 5.41) is 110. The minimum Gasteiger partial charge on any atom is -0.508 e. The SMILES string of the molecule is CN[C@H](CC(C)C)C(=O)N[C@H]1C(=O)NC(CC(N)=O)C(=O)N[C@H]2C(=O)N[C@H]3C(=O)N[C@H](C(=O)N[C@H](C(=O)O)c4cc(O)cc(O)c4-c4cc3ccc4O)[C@H](OC3C[C@](C)(N)C(=O)[C@H](C)O3)c3ccc(cc3)Oc3cc2cc(c3OC2O[C@H](CO)[C@@H](O)[C@H](O)[C@H]2O[C@H]2C[C@](C)(N)C(=O)[C@H](C)O2)Oc2ccc(cc2)[C@H]1O. The third-order valence-corrected chi connectivity index (χ3v) is 19.6. The second kappa shape index (κ2) is 32.0. The molecule has 7 amide bonds. The molecule has 8 heterocycles. The number of ether oxygens (including phenoxy) is 8. The number of aliphatic hydroxyl groups excluding tert-OH is 4. The number of amides is 7. The van der Waals surface area contributed by atoms with Crippen molar-refractivity contribution in [3.63, 3.8) is 0 Å². The second-order valence-corrected chi connectivity index (χ2v) is 28.5. The van der Waals surface area contributed by atoms with Crippen LogP contribution < -0.4 is 68.6 Å². The largest absolute Gasteiger partial charge is 0.508 e. The minimum absolute atomic E-state index is 0.0504. The molecule has 5 aromatic rings. The van der Waals surface area contributed by atoms with Gasteiger partial charge < -0.3 is 133 Å².